The summed E-state index contributed by atoms with van der Waals surface area (Å²) in [4.78, 5) is 0. The minimum Gasteiger partial charge on any atom is -0.329 e. The van der Waals surface area contributed by atoms with Crippen molar-refractivity contribution in [3.63, 3.8) is 0 Å². The third-order valence-corrected chi connectivity index (χ3v) is 2.22. The highest BCUT2D eigenvalue weighted by molar-refractivity contribution is 8.00. The van der Waals surface area contributed by atoms with Crippen LogP contribution in [-0.2, 0) is 0 Å². The Bertz CT molecular complexity index is 85.1. The smallest absolute Gasteiger partial charge is 0.0145 e. The summed E-state index contributed by atoms with van der Waals surface area (Å²) in [5.74, 6) is 0.960. The Hall–Kier alpha value is 0.340. The summed E-state index contributed by atoms with van der Waals surface area (Å²) in [5.41, 5.74) is 6.91. The first-order chi connectivity index (χ1) is 4.31. The molecule has 54 valence electrons. The van der Waals surface area contributed by atoms with Gasteiger partial charge >= 0.3 is 0 Å². The highest BCUT2D eigenvalue weighted by Gasteiger charge is 1.94. The molecular formula is C6H12ClNS. The number of halogens is 1. The van der Waals surface area contributed by atoms with E-state index in [1.54, 1.807) is 11.8 Å². The maximum atomic E-state index is 5.38. The van der Waals surface area contributed by atoms with Gasteiger partial charge in [-0.25, -0.2) is 0 Å². The zero-order valence-electron chi connectivity index (χ0n) is 5.51. The van der Waals surface area contributed by atoms with E-state index >= 15 is 0 Å². The highest BCUT2D eigenvalue weighted by atomic mass is 35.5. The van der Waals surface area contributed by atoms with E-state index < -0.39 is 0 Å². The topological polar surface area (TPSA) is 26.0 Å². The van der Waals surface area contributed by atoms with Gasteiger partial charge in [0.05, 0.1) is 0 Å². The Labute approximate surface area is 65.6 Å². The van der Waals surface area contributed by atoms with Crippen molar-refractivity contribution in [1.82, 2.24) is 0 Å². The number of rotatable bonds is 4. The van der Waals surface area contributed by atoms with Gasteiger partial charge in [0.2, 0.25) is 0 Å². The largest absolute Gasteiger partial charge is 0.329 e. The summed E-state index contributed by atoms with van der Waals surface area (Å²) in [6.45, 7) is 2.84. The summed E-state index contributed by atoms with van der Waals surface area (Å²) in [6, 6.07) is 0. The molecule has 0 saturated heterocycles. The maximum Gasteiger partial charge on any atom is 0.0145 e. The second-order valence-corrected chi connectivity index (χ2v) is 3.46. The van der Waals surface area contributed by atoms with Gasteiger partial charge in [-0.15, -0.1) is 0 Å². The predicted octanol–water partition coefficient (Wildman–Crippen LogP) is 1.82. The van der Waals surface area contributed by atoms with E-state index in [1.165, 1.54) is 5.54 Å². The minimum absolute atomic E-state index is 0.540. The highest BCUT2D eigenvalue weighted by Crippen LogP contribution is 2.08. The van der Waals surface area contributed by atoms with Crippen molar-refractivity contribution in [2.45, 2.75) is 12.2 Å². The van der Waals surface area contributed by atoms with Crippen molar-refractivity contribution in [2.75, 3.05) is 12.3 Å². The van der Waals surface area contributed by atoms with Gasteiger partial charge in [0, 0.05) is 23.1 Å². The Morgan fingerprint density at radius 2 is 2.44 bits per heavy atom. The van der Waals surface area contributed by atoms with Crippen LogP contribution in [0.4, 0.5) is 0 Å². The third-order valence-electron chi connectivity index (χ3n) is 0.898. The molecule has 0 aromatic rings. The zero-order chi connectivity index (χ0) is 7.11. The van der Waals surface area contributed by atoms with E-state index in [-0.39, 0.29) is 0 Å². The fraction of sp³-hybridized carbons (Fsp3) is 0.667. The van der Waals surface area contributed by atoms with Crippen LogP contribution in [0.25, 0.3) is 0 Å². The van der Waals surface area contributed by atoms with Crippen LogP contribution in [0.3, 0.4) is 0 Å². The molecule has 2 N–H and O–H groups in total. The molecule has 3 heteroatoms. The van der Waals surface area contributed by atoms with E-state index in [0.29, 0.717) is 5.25 Å². The van der Waals surface area contributed by atoms with Gasteiger partial charge < -0.3 is 5.73 Å². The van der Waals surface area contributed by atoms with E-state index in [1.807, 2.05) is 6.08 Å². The molecule has 0 spiro atoms. The molecule has 1 nitrogen and oxygen atoms in total. The molecule has 0 aliphatic carbocycles. The van der Waals surface area contributed by atoms with Crippen LogP contribution in [0.5, 0.6) is 0 Å². The number of hydrogen-bond acceptors (Lipinski definition) is 2. The molecule has 0 aliphatic rings. The number of thioether (sulfide) groups is 1. The molecule has 0 rings (SSSR count). The third kappa shape index (κ3) is 6.22. The maximum absolute atomic E-state index is 5.38. The van der Waals surface area contributed by atoms with Gasteiger partial charge in [0.15, 0.2) is 0 Å². The van der Waals surface area contributed by atoms with Gasteiger partial charge in [-0.1, -0.05) is 24.6 Å². The molecule has 0 aromatic heterocycles. The molecule has 0 saturated carbocycles. The second-order valence-electron chi connectivity index (χ2n) is 1.74. The Morgan fingerprint density at radius 1 is 1.78 bits per heavy atom. The number of hydrogen-bond donors (Lipinski definition) is 1. The molecule has 1 atom stereocenters. The summed E-state index contributed by atoms with van der Waals surface area (Å²) in [7, 11) is 0. The quantitative estimate of drug-likeness (QED) is 0.688. The Kier molecular flexibility index (Phi) is 6.70. The van der Waals surface area contributed by atoms with Crippen molar-refractivity contribution in [1.29, 1.82) is 0 Å². The fourth-order valence-electron chi connectivity index (χ4n) is 0.324. The monoisotopic (exact) mass is 165 g/mol. The van der Waals surface area contributed by atoms with E-state index in [9.17, 15) is 0 Å². The van der Waals surface area contributed by atoms with E-state index in [4.69, 9.17) is 17.3 Å². The van der Waals surface area contributed by atoms with Crippen LogP contribution in [0.1, 0.15) is 6.92 Å². The SMILES string of the molecule is CC(CN)SC/C=C/Cl. The average Bonchev–Trinajstić information content (AvgIpc) is 1.89. The lowest BCUT2D eigenvalue weighted by Gasteiger charge is -2.03. The first-order valence-corrected chi connectivity index (χ1v) is 4.36. The summed E-state index contributed by atoms with van der Waals surface area (Å²) in [5, 5.41) is 0.540. The van der Waals surface area contributed by atoms with E-state index in [2.05, 4.69) is 6.92 Å². The fourth-order valence-corrected chi connectivity index (χ4v) is 1.19. The molecule has 9 heavy (non-hydrogen) atoms. The molecule has 0 bridgehead atoms. The Balaban J connectivity index is 3.06. The van der Waals surface area contributed by atoms with Gasteiger partial charge in [0.25, 0.3) is 0 Å². The van der Waals surface area contributed by atoms with Gasteiger partial charge in [0.1, 0.15) is 0 Å². The summed E-state index contributed by atoms with van der Waals surface area (Å²) < 4.78 is 0. The lowest BCUT2D eigenvalue weighted by atomic mass is 10.5. The van der Waals surface area contributed by atoms with Crippen LogP contribution in [0.2, 0.25) is 0 Å². The van der Waals surface area contributed by atoms with Crippen LogP contribution in [0.15, 0.2) is 11.6 Å². The van der Waals surface area contributed by atoms with Crippen LogP contribution in [0, 0.1) is 0 Å². The summed E-state index contributed by atoms with van der Waals surface area (Å²) in [6.07, 6.45) is 1.92. The Morgan fingerprint density at radius 3 is 2.89 bits per heavy atom. The predicted molar refractivity (Wildman–Crippen MR) is 46.0 cm³/mol. The van der Waals surface area contributed by atoms with E-state index in [0.717, 1.165) is 12.3 Å². The average molecular weight is 166 g/mol. The first kappa shape index (κ1) is 9.34. The standard InChI is InChI=1S/C6H12ClNS/c1-6(5-8)9-4-2-3-7/h2-3,6H,4-5,8H2,1H3/b3-2+. The van der Waals surface area contributed by atoms with Crippen LogP contribution < -0.4 is 5.73 Å². The lowest BCUT2D eigenvalue weighted by Crippen LogP contribution is -2.12. The second kappa shape index (κ2) is 6.46. The molecule has 1 unspecified atom stereocenters. The molecule has 0 amide bonds. The van der Waals surface area contributed by atoms with Crippen molar-refractivity contribution in [2.24, 2.45) is 5.73 Å². The van der Waals surface area contributed by atoms with Gasteiger partial charge in [-0.05, 0) is 0 Å². The molecule has 0 aliphatic heterocycles. The van der Waals surface area contributed by atoms with Crippen molar-refractivity contribution in [3.8, 4) is 0 Å². The number of nitrogens with two attached hydrogens (primary N) is 1. The normalized spacial score (nSPS) is 14.6. The van der Waals surface area contributed by atoms with Crippen molar-refractivity contribution >= 4 is 23.4 Å². The molecule has 0 radical (unpaired) electrons. The first-order valence-electron chi connectivity index (χ1n) is 2.88. The van der Waals surface area contributed by atoms with Crippen molar-refractivity contribution < 1.29 is 0 Å². The van der Waals surface area contributed by atoms with Gasteiger partial charge in [-0.2, -0.15) is 11.8 Å². The molecule has 0 fully saturated rings. The molecule has 0 aromatic carbocycles. The summed E-state index contributed by atoms with van der Waals surface area (Å²) >= 11 is 7.11. The lowest BCUT2D eigenvalue weighted by molar-refractivity contribution is 0.953. The zero-order valence-corrected chi connectivity index (χ0v) is 7.08. The van der Waals surface area contributed by atoms with Crippen molar-refractivity contribution in [3.05, 3.63) is 11.6 Å². The molecule has 0 heterocycles. The van der Waals surface area contributed by atoms with Crippen LogP contribution >= 0.6 is 23.4 Å². The molecular weight excluding hydrogens is 154 g/mol. The van der Waals surface area contributed by atoms with Crippen LogP contribution in [-0.4, -0.2) is 17.5 Å². The van der Waals surface area contributed by atoms with Gasteiger partial charge in [-0.3, -0.25) is 0 Å². The minimum atomic E-state index is 0.540.